The number of nitrogens with two attached hydrogens (primary N) is 1. The molecule has 0 atom stereocenters. The maximum Gasteiger partial charge on any atom is 0.246 e. The summed E-state index contributed by atoms with van der Waals surface area (Å²) in [5.74, 6) is -0.880. The van der Waals surface area contributed by atoms with Gasteiger partial charge in [0.05, 0.1) is 19.3 Å². The van der Waals surface area contributed by atoms with Crippen molar-refractivity contribution in [2.24, 2.45) is 5.73 Å². The minimum absolute atomic E-state index is 0.121. The molecule has 0 saturated carbocycles. The predicted molar refractivity (Wildman–Crippen MR) is 81.4 cm³/mol. The highest BCUT2D eigenvalue weighted by atomic mass is 16.2. The summed E-state index contributed by atoms with van der Waals surface area (Å²) in [6.07, 6.45) is 4.62. The summed E-state index contributed by atoms with van der Waals surface area (Å²) in [6.45, 7) is 0.487. The van der Waals surface area contributed by atoms with Gasteiger partial charge in [0, 0.05) is 13.1 Å². The molecule has 0 spiro atoms. The molecule has 1 aromatic heterocycles. The number of nitrogens with zero attached hydrogens (tertiary/aromatic N) is 4. The van der Waals surface area contributed by atoms with Gasteiger partial charge in [-0.3, -0.25) is 9.59 Å². The van der Waals surface area contributed by atoms with Crippen molar-refractivity contribution in [1.29, 1.82) is 0 Å². The van der Waals surface area contributed by atoms with Crippen LogP contribution in [0.3, 0.4) is 0 Å². The van der Waals surface area contributed by atoms with Crippen LogP contribution in [0, 0.1) is 0 Å². The van der Waals surface area contributed by atoms with E-state index in [1.54, 1.807) is 17.0 Å². The van der Waals surface area contributed by atoms with Gasteiger partial charge in [-0.05, 0) is 11.6 Å². The lowest BCUT2D eigenvalue weighted by atomic mass is 10.2. The minimum Gasteiger partial charge on any atom is -0.368 e. The monoisotopic (exact) mass is 299 g/mol. The van der Waals surface area contributed by atoms with Gasteiger partial charge in [-0.2, -0.15) is 0 Å². The van der Waals surface area contributed by atoms with Crippen LogP contribution >= 0.6 is 0 Å². The molecule has 0 aliphatic carbocycles. The van der Waals surface area contributed by atoms with E-state index in [2.05, 4.69) is 10.3 Å². The highest BCUT2D eigenvalue weighted by molar-refractivity contribution is 5.93. The van der Waals surface area contributed by atoms with E-state index in [9.17, 15) is 9.59 Å². The quantitative estimate of drug-likeness (QED) is 0.775. The van der Waals surface area contributed by atoms with E-state index >= 15 is 0 Å². The van der Waals surface area contributed by atoms with Crippen molar-refractivity contribution >= 4 is 17.9 Å². The molecule has 7 nitrogen and oxygen atoms in total. The third kappa shape index (κ3) is 4.55. The SMILES string of the molecule is CN(CC(N)=O)C(=O)/C=C/c1cn(Cc2ccccc2)nn1. The number of carbonyl (C=O) groups excluding carboxylic acids is 2. The highest BCUT2D eigenvalue weighted by Gasteiger charge is 2.07. The van der Waals surface area contributed by atoms with E-state index in [4.69, 9.17) is 5.73 Å². The zero-order valence-corrected chi connectivity index (χ0v) is 12.2. The standard InChI is InChI=1S/C15H17N5O2/c1-19(11-14(16)21)15(22)8-7-13-10-20(18-17-13)9-12-5-3-2-4-6-12/h2-8,10H,9,11H2,1H3,(H2,16,21)/b8-7+. The second-order valence-electron chi connectivity index (χ2n) is 4.82. The smallest absolute Gasteiger partial charge is 0.246 e. The van der Waals surface area contributed by atoms with Crippen molar-refractivity contribution in [3.05, 3.63) is 53.9 Å². The minimum atomic E-state index is -0.557. The van der Waals surface area contributed by atoms with Gasteiger partial charge >= 0.3 is 0 Å². The van der Waals surface area contributed by atoms with Crippen LogP contribution in [0.5, 0.6) is 0 Å². The van der Waals surface area contributed by atoms with E-state index in [0.717, 1.165) is 5.56 Å². The number of primary amides is 1. The lowest BCUT2D eigenvalue weighted by Gasteiger charge is -2.11. The molecule has 1 aromatic carbocycles. The molecule has 1 heterocycles. The number of rotatable bonds is 6. The summed E-state index contributed by atoms with van der Waals surface area (Å²) in [4.78, 5) is 23.7. The molecule has 7 heteroatoms. The van der Waals surface area contributed by atoms with Gasteiger partial charge in [-0.25, -0.2) is 4.68 Å². The maximum atomic E-state index is 11.7. The maximum absolute atomic E-state index is 11.7. The van der Waals surface area contributed by atoms with Crippen LogP contribution in [0.2, 0.25) is 0 Å². The molecule has 0 bridgehead atoms. The topological polar surface area (TPSA) is 94.1 Å². The van der Waals surface area contributed by atoms with Gasteiger partial charge in [-0.15, -0.1) is 5.10 Å². The van der Waals surface area contributed by atoms with Crippen molar-refractivity contribution in [2.45, 2.75) is 6.54 Å². The second-order valence-corrected chi connectivity index (χ2v) is 4.82. The first kappa shape index (κ1) is 15.4. The fourth-order valence-corrected chi connectivity index (χ4v) is 1.83. The second kappa shape index (κ2) is 7.16. The third-order valence-corrected chi connectivity index (χ3v) is 2.91. The highest BCUT2D eigenvalue weighted by Crippen LogP contribution is 2.03. The van der Waals surface area contributed by atoms with Gasteiger partial charge in [-0.1, -0.05) is 35.5 Å². The molecule has 0 fully saturated rings. The first-order valence-corrected chi connectivity index (χ1v) is 6.70. The molecule has 22 heavy (non-hydrogen) atoms. The van der Waals surface area contributed by atoms with Gasteiger partial charge in [0.2, 0.25) is 11.8 Å². The molecule has 114 valence electrons. The Morgan fingerprint density at radius 1 is 1.32 bits per heavy atom. The van der Waals surface area contributed by atoms with Crippen molar-refractivity contribution < 1.29 is 9.59 Å². The van der Waals surface area contributed by atoms with Crippen LogP contribution < -0.4 is 5.73 Å². The van der Waals surface area contributed by atoms with Crippen LogP contribution in [0.15, 0.2) is 42.6 Å². The lowest BCUT2D eigenvalue weighted by Crippen LogP contribution is -2.34. The van der Waals surface area contributed by atoms with Crippen LogP contribution in [0.1, 0.15) is 11.3 Å². The Hall–Kier alpha value is -2.96. The number of hydrogen-bond donors (Lipinski definition) is 1. The Kier molecular flexibility index (Phi) is 5.02. The molecule has 2 aromatic rings. The Morgan fingerprint density at radius 3 is 2.73 bits per heavy atom. The number of benzene rings is 1. The van der Waals surface area contributed by atoms with Crippen molar-refractivity contribution in [3.63, 3.8) is 0 Å². The van der Waals surface area contributed by atoms with E-state index < -0.39 is 5.91 Å². The van der Waals surface area contributed by atoms with Crippen molar-refractivity contribution in [1.82, 2.24) is 19.9 Å². The molecule has 0 aliphatic rings. The van der Waals surface area contributed by atoms with E-state index in [1.165, 1.54) is 18.0 Å². The normalized spacial score (nSPS) is 10.8. The molecule has 2 amide bonds. The summed E-state index contributed by atoms with van der Waals surface area (Å²) >= 11 is 0. The van der Waals surface area contributed by atoms with E-state index in [-0.39, 0.29) is 12.5 Å². The number of carbonyl (C=O) groups is 2. The molecular weight excluding hydrogens is 282 g/mol. The van der Waals surface area contributed by atoms with Crippen LogP contribution in [-0.4, -0.2) is 45.3 Å². The van der Waals surface area contributed by atoms with Crippen LogP contribution in [-0.2, 0) is 16.1 Å². The Balaban J connectivity index is 1.95. The number of aromatic nitrogens is 3. The fraction of sp³-hybridized carbons (Fsp3) is 0.200. The zero-order valence-electron chi connectivity index (χ0n) is 12.2. The Bertz CT molecular complexity index is 678. The first-order chi connectivity index (χ1) is 10.5. The van der Waals surface area contributed by atoms with Crippen LogP contribution in [0.4, 0.5) is 0 Å². The van der Waals surface area contributed by atoms with Gasteiger partial charge in [0.25, 0.3) is 0 Å². The van der Waals surface area contributed by atoms with E-state index in [1.807, 2.05) is 30.3 Å². The Morgan fingerprint density at radius 2 is 2.05 bits per heavy atom. The van der Waals surface area contributed by atoms with Gasteiger partial charge in [0.15, 0.2) is 0 Å². The number of hydrogen-bond acceptors (Lipinski definition) is 4. The first-order valence-electron chi connectivity index (χ1n) is 6.70. The molecule has 2 N–H and O–H groups in total. The zero-order chi connectivity index (χ0) is 15.9. The third-order valence-electron chi connectivity index (χ3n) is 2.91. The average Bonchev–Trinajstić information content (AvgIpc) is 2.92. The molecule has 0 radical (unpaired) electrons. The molecule has 2 rings (SSSR count). The Labute approximate surface area is 128 Å². The van der Waals surface area contributed by atoms with Crippen molar-refractivity contribution in [2.75, 3.05) is 13.6 Å². The summed E-state index contributed by atoms with van der Waals surface area (Å²) in [7, 11) is 1.50. The van der Waals surface area contributed by atoms with Gasteiger partial charge in [0.1, 0.15) is 5.69 Å². The summed E-state index contributed by atoms with van der Waals surface area (Å²) in [5, 5.41) is 7.97. The predicted octanol–water partition coefficient (Wildman–Crippen LogP) is 0.283. The molecule has 0 aliphatic heterocycles. The van der Waals surface area contributed by atoms with Crippen LogP contribution in [0.25, 0.3) is 6.08 Å². The van der Waals surface area contributed by atoms with Crippen molar-refractivity contribution in [3.8, 4) is 0 Å². The average molecular weight is 299 g/mol. The number of likely N-dealkylation sites (N-methyl/N-ethyl adjacent to an activating group) is 1. The fourth-order valence-electron chi connectivity index (χ4n) is 1.83. The summed E-state index contributed by atoms with van der Waals surface area (Å²) in [6, 6.07) is 9.87. The summed E-state index contributed by atoms with van der Waals surface area (Å²) < 4.78 is 1.69. The van der Waals surface area contributed by atoms with E-state index in [0.29, 0.717) is 12.2 Å². The van der Waals surface area contributed by atoms with Gasteiger partial charge < -0.3 is 10.6 Å². The molecular formula is C15H17N5O2. The summed E-state index contributed by atoms with van der Waals surface area (Å²) in [5.41, 5.74) is 6.71. The lowest BCUT2D eigenvalue weighted by molar-refractivity contribution is -0.129. The number of amides is 2. The molecule has 0 saturated heterocycles. The molecule has 0 unspecified atom stereocenters. The largest absolute Gasteiger partial charge is 0.368 e.